The molecule has 0 unspecified atom stereocenters. The third-order valence-corrected chi connectivity index (χ3v) is 12.0. The van der Waals surface area contributed by atoms with Gasteiger partial charge in [0.25, 0.3) is 0 Å². The number of nitrogens with zero attached hydrogens (tertiary/aromatic N) is 4. The largest absolute Gasteiger partial charge is 0.248 e. The van der Waals surface area contributed by atoms with Gasteiger partial charge in [-0.3, -0.25) is 0 Å². The lowest BCUT2D eigenvalue weighted by Gasteiger charge is -2.16. The van der Waals surface area contributed by atoms with Gasteiger partial charge in [-0.2, -0.15) is 0 Å². The summed E-state index contributed by atoms with van der Waals surface area (Å²) in [4.78, 5) is 21.2. The van der Waals surface area contributed by atoms with E-state index in [2.05, 4.69) is 224 Å². The first-order valence-electron chi connectivity index (χ1n) is 22.2. The number of pyridine rings is 1. The molecule has 66 heavy (non-hydrogen) atoms. The van der Waals surface area contributed by atoms with Crippen LogP contribution in [0.2, 0.25) is 0 Å². The Hall–Kier alpha value is -8.86. The minimum absolute atomic E-state index is 0.587. The van der Waals surface area contributed by atoms with Gasteiger partial charge in [0, 0.05) is 27.8 Å². The summed E-state index contributed by atoms with van der Waals surface area (Å²) in [5.74, 6) is 1.80. The van der Waals surface area contributed by atoms with Gasteiger partial charge in [-0.1, -0.05) is 237 Å². The van der Waals surface area contributed by atoms with Crippen molar-refractivity contribution < 1.29 is 0 Å². The Morgan fingerprint density at radius 3 is 0.970 bits per heavy atom. The lowest BCUT2D eigenvalue weighted by atomic mass is 9.91. The Bertz CT molecular complexity index is 3360. The van der Waals surface area contributed by atoms with Crippen molar-refractivity contribution in [2.24, 2.45) is 0 Å². The molecule has 0 radical (unpaired) electrons. The highest BCUT2D eigenvalue weighted by molar-refractivity contribution is 5.91. The van der Waals surface area contributed by atoms with Gasteiger partial charge in [-0.25, -0.2) is 19.9 Å². The van der Waals surface area contributed by atoms with Gasteiger partial charge in [0.1, 0.15) is 0 Å². The Balaban J connectivity index is 1.07. The lowest BCUT2D eigenvalue weighted by molar-refractivity contribution is 1.07. The Morgan fingerprint density at radius 1 is 0.167 bits per heavy atom. The summed E-state index contributed by atoms with van der Waals surface area (Å²) >= 11 is 0. The van der Waals surface area contributed by atoms with E-state index in [4.69, 9.17) is 19.9 Å². The summed E-state index contributed by atoms with van der Waals surface area (Å²) in [5, 5.41) is 0. The molecule has 0 saturated carbocycles. The average Bonchev–Trinajstić information content (AvgIpc) is 3.41. The van der Waals surface area contributed by atoms with Crippen LogP contribution in [0.15, 0.2) is 255 Å². The number of aromatic nitrogens is 4. The van der Waals surface area contributed by atoms with Crippen molar-refractivity contribution in [1.29, 1.82) is 0 Å². The Kier molecular flexibility index (Phi) is 10.9. The molecule has 0 bridgehead atoms. The molecule has 9 aromatic carbocycles. The van der Waals surface area contributed by atoms with Crippen LogP contribution in [0.3, 0.4) is 0 Å². The summed E-state index contributed by atoms with van der Waals surface area (Å²) < 4.78 is 0. The van der Waals surface area contributed by atoms with Crippen LogP contribution in [0.5, 0.6) is 0 Å². The molecule has 4 heteroatoms. The molecule has 0 N–H and O–H groups in total. The second-order valence-corrected chi connectivity index (χ2v) is 16.2. The van der Waals surface area contributed by atoms with Gasteiger partial charge in [0.05, 0.1) is 11.4 Å². The van der Waals surface area contributed by atoms with Crippen molar-refractivity contribution in [3.8, 4) is 112 Å². The predicted octanol–water partition coefficient (Wildman–Crippen LogP) is 15.9. The molecule has 2 heterocycles. The first-order valence-corrected chi connectivity index (χ1v) is 22.2. The van der Waals surface area contributed by atoms with Crippen LogP contribution < -0.4 is 0 Å². The maximum absolute atomic E-state index is 5.39. The fraction of sp³-hybridized carbons (Fsp3) is 0. The Labute approximate surface area is 385 Å². The van der Waals surface area contributed by atoms with Gasteiger partial charge in [-0.05, 0) is 73.8 Å². The molecular formula is C62H42N4. The van der Waals surface area contributed by atoms with Gasteiger partial charge in [0.15, 0.2) is 17.5 Å². The highest BCUT2D eigenvalue weighted by Crippen LogP contribution is 2.40. The summed E-state index contributed by atoms with van der Waals surface area (Å²) in [6, 6.07) is 88.7. The topological polar surface area (TPSA) is 51.6 Å². The quantitative estimate of drug-likeness (QED) is 0.138. The molecule has 11 aromatic rings. The SMILES string of the molecule is c1ccc(-c2cc(-c3ccccc3-c3ccccc3)cc(-c3ccccc3-c3cccc(-c4nc(-c5ccccc5-c5ccccc5)nc(-c5ccccc5-c5ccccc5)n4)c3)n2)cc1. The van der Waals surface area contributed by atoms with Gasteiger partial charge in [0.2, 0.25) is 0 Å². The third kappa shape index (κ3) is 8.11. The van der Waals surface area contributed by atoms with Crippen molar-refractivity contribution in [2.45, 2.75) is 0 Å². The number of rotatable bonds is 10. The van der Waals surface area contributed by atoms with E-state index in [1.54, 1.807) is 0 Å². The van der Waals surface area contributed by atoms with Crippen LogP contribution >= 0.6 is 0 Å². The second-order valence-electron chi connectivity index (χ2n) is 16.2. The zero-order valence-electron chi connectivity index (χ0n) is 36.0. The predicted molar refractivity (Wildman–Crippen MR) is 272 cm³/mol. The van der Waals surface area contributed by atoms with Crippen LogP contribution in [-0.2, 0) is 0 Å². The number of hydrogen-bond donors (Lipinski definition) is 0. The van der Waals surface area contributed by atoms with Crippen molar-refractivity contribution in [3.05, 3.63) is 255 Å². The standard InChI is InChI=1S/C62H42N4/c1-5-22-43(23-6-1)50-32-13-14-36-54(50)49-41-58(46-28-11-4-12-29-46)63-59(42-49)55-37-18-15-35-53(55)47-30-21-31-48(40-47)60-64-61(56-38-19-16-33-51(56)44-24-7-2-8-25-44)66-62(65-60)57-39-20-17-34-52(57)45-26-9-3-10-27-45/h1-42H. The van der Waals surface area contributed by atoms with E-state index in [0.29, 0.717) is 17.5 Å². The summed E-state index contributed by atoms with van der Waals surface area (Å²) in [5.41, 5.74) is 17.6. The summed E-state index contributed by atoms with van der Waals surface area (Å²) in [6.45, 7) is 0. The van der Waals surface area contributed by atoms with E-state index in [1.165, 1.54) is 11.1 Å². The van der Waals surface area contributed by atoms with Gasteiger partial charge >= 0.3 is 0 Å². The molecule has 4 nitrogen and oxygen atoms in total. The van der Waals surface area contributed by atoms with Gasteiger partial charge in [-0.15, -0.1) is 0 Å². The van der Waals surface area contributed by atoms with Crippen molar-refractivity contribution in [3.63, 3.8) is 0 Å². The summed E-state index contributed by atoms with van der Waals surface area (Å²) in [6.07, 6.45) is 0. The van der Waals surface area contributed by atoms with E-state index in [-0.39, 0.29) is 0 Å². The third-order valence-electron chi connectivity index (χ3n) is 12.0. The molecule has 0 amide bonds. The van der Waals surface area contributed by atoms with E-state index >= 15 is 0 Å². The lowest BCUT2D eigenvalue weighted by Crippen LogP contribution is -2.02. The molecule has 0 aliphatic heterocycles. The molecule has 0 fully saturated rings. The average molecular weight is 843 g/mol. The highest BCUT2D eigenvalue weighted by Gasteiger charge is 2.20. The molecule has 310 valence electrons. The fourth-order valence-electron chi connectivity index (χ4n) is 8.81. The van der Waals surface area contributed by atoms with Crippen molar-refractivity contribution in [1.82, 2.24) is 19.9 Å². The fourth-order valence-corrected chi connectivity index (χ4v) is 8.81. The smallest absolute Gasteiger partial charge is 0.164 e. The normalized spacial score (nSPS) is 11.0. The minimum Gasteiger partial charge on any atom is -0.248 e. The maximum atomic E-state index is 5.39. The molecule has 0 spiro atoms. The van der Waals surface area contributed by atoms with Crippen molar-refractivity contribution >= 4 is 0 Å². The van der Waals surface area contributed by atoms with Crippen LogP contribution in [-0.4, -0.2) is 19.9 Å². The van der Waals surface area contributed by atoms with E-state index in [0.717, 1.165) is 83.7 Å². The summed E-state index contributed by atoms with van der Waals surface area (Å²) in [7, 11) is 0. The molecule has 2 aromatic heterocycles. The van der Waals surface area contributed by atoms with Crippen molar-refractivity contribution in [2.75, 3.05) is 0 Å². The van der Waals surface area contributed by atoms with Crippen LogP contribution in [0.1, 0.15) is 0 Å². The molecule has 0 saturated heterocycles. The minimum atomic E-state index is 0.587. The second kappa shape index (κ2) is 18.1. The molecule has 11 rings (SSSR count). The molecule has 0 atom stereocenters. The maximum Gasteiger partial charge on any atom is 0.164 e. The molecule has 0 aliphatic rings. The van der Waals surface area contributed by atoms with Crippen LogP contribution in [0.4, 0.5) is 0 Å². The molecule has 0 aliphatic carbocycles. The van der Waals surface area contributed by atoms with Crippen LogP contribution in [0.25, 0.3) is 112 Å². The Morgan fingerprint density at radius 2 is 0.485 bits per heavy atom. The van der Waals surface area contributed by atoms with E-state index in [9.17, 15) is 0 Å². The zero-order valence-corrected chi connectivity index (χ0v) is 36.0. The van der Waals surface area contributed by atoms with E-state index in [1.807, 2.05) is 30.3 Å². The molecular weight excluding hydrogens is 801 g/mol. The zero-order chi connectivity index (χ0) is 44.1. The van der Waals surface area contributed by atoms with Crippen LogP contribution in [0, 0.1) is 0 Å². The van der Waals surface area contributed by atoms with Gasteiger partial charge < -0.3 is 0 Å². The highest BCUT2D eigenvalue weighted by atomic mass is 15.0. The first kappa shape index (κ1) is 40.0. The number of hydrogen-bond acceptors (Lipinski definition) is 4. The van der Waals surface area contributed by atoms with E-state index < -0.39 is 0 Å². The monoisotopic (exact) mass is 842 g/mol. The number of benzene rings is 9. The first-order chi connectivity index (χ1) is 32.7.